The van der Waals surface area contributed by atoms with E-state index >= 15 is 0 Å². The van der Waals surface area contributed by atoms with E-state index in [4.69, 9.17) is 0 Å². The monoisotopic (exact) mass is 769 g/mol. The van der Waals surface area contributed by atoms with Crippen molar-refractivity contribution in [3.8, 4) is 0 Å². The molecule has 0 heteroatoms. The van der Waals surface area contributed by atoms with Crippen molar-refractivity contribution in [3.63, 3.8) is 0 Å². The van der Waals surface area contributed by atoms with Crippen molar-refractivity contribution in [1.82, 2.24) is 0 Å². The molecule has 0 bridgehead atoms. The third kappa shape index (κ3) is 8.08. The summed E-state index contributed by atoms with van der Waals surface area (Å²) in [7, 11) is 0. The quantitative estimate of drug-likeness (QED) is 0.208. The molecule has 0 aromatic rings. The van der Waals surface area contributed by atoms with Crippen LogP contribution in [0.25, 0.3) is 0 Å². The van der Waals surface area contributed by atoms with Crippen molar-refractivity contribution in [1.29, 1.82) is 0 Å². The van der Waals surface area contributed by atoms with E-state index in [1.807, 2.05) is 0 Å². The van der Waals surface area contributed by atoms with E-state index in [0.717, 1.165) is 124 Å². The van der Waals surface area contributed by atoms with Gasteiger partial charge in [0.15, 0.2) is 0 Å². The van der Waals surface area contributed by atoms with Crippen molar-refractivity contribution < 1.29 is 0 Å². The summed E-state index contributed by atoms with van der Waals surface area (Å²) >= 11 is 0. The maximum Gasteiger partial charge on any atom is -0.0321 e. The van der Waals surface area contributed by atoms with Crippen LogP contribution >= 0.6 is 0 Å². The second kappa shape index (κ2) is 18.5. The molecule has 0 saturated heterocycles. The van der Waals surface area contributed by atoms with Crippen LogP contribution in [0.5, 0.6) is 0 Å². The van der Waals surface area contributed by atoms with Crippen LogP contribution in [0.1, 0.15) is 227 Å². The Kier molecular flexibility index (Phi) is 13.7. The minimum atomic E-state index is 0.999. The molecule has 0 nitrogen and oxygen atoms in total. The van der Waals surface area contributed by atoms with Crippen LogP contribution in [0.3, 0.4) is 0 Å². The third-order valence-electron chi connectivity index (χ3n) is 22.5. The molecule has 9 saturated carbocycles. The summed E-state index contributed by atoms with van der Waals surface area (Å²) in [5, 5.41) is 0. The molecule has 0 radical (unpaired) electrons. The summed E-state index contributed by atoms with van der Waals surface area (Å²) in [6.07, 6.45) is 47.1. The lowest BCUT2D eigenvalue weighted by molar-refractivity contribution is -0.0976. The summed E-state index contributed by atoms with van der Waals surface area (Å²) in [6.45, 7) is 13.5. The molecule has 17 unspecified atom stereocenters. The van der Waals surface area contributed by atoms with Gasteiger partial charge in [0.1, 0.15) is 0 Å². The Morgan fingerprint density at radius 2 is 0.946 bits per heavy atom. The van der Waals surface area contributed by atoms with E-state index in [0.29, 0.717) is 0 Å². The smallest absolute Gasteiger partial charge is 0.0321 e. The summed E-state index contributed by atoms with van der Waals surface area (Å²) in [6, 6.07) is 0. The van der Waals surface area contributed by atoms with Crippen molar-refractivity contribution in [2.24, 2.45) is 124 Å². The van der Waals surface area contributed by atoms with Crippen LogP contribution in [0.4, 0.5) is 0 Å². The lowest BCUT2D eigenvalue weighted by atomic mass is 9.46. The van der Waals surface area contributed by atoms with Gasteiger partial charge in [-0.25, -0.2) is 0 Å². The van der Waals surface area contributed by atoms with Gasteiger partial charge in [-0.2, -0.15) is 0 Å². The number of rotatable bonds is 10. The fraction of sp³-hybridized carbons (Fsp3) is 1.00. The van der Waals surface area contributed by atoms with Crippen LogP contribution < -0.4 is 0 Å². The zero-order valence-electron chi connectivity index (χ0n) is 38.3. The molecule has 0 heterocycles. The fourth-order valence-corrected chi connectivity index (χ4v) is 20.3. The zero-order chi connectivity index (χ0) is 38.3. The minimum absolute atomic E-state index is 0.999. The number of hydrogen-bond donors (Lipinski definition) is 0. The predicted molar refractivity (Wildman–Crippen MR) is 240 cm³/mol. The second-order valence-corrected chi connectivity index (χ2v) is 24.5. The highest BCUT2D eigenvalue weighted by atomic mass is 14.6. The van der Waals surface area contributed by atoms with Gasteiger partial charge in [-0.15, -0.1) is 0 Å². The molecule has 0 N–H and O–H groups in total. The SMILES string of the molecule is CCCC(CCC1CCC(C2CCC(C)C3C2CCC2CCC(C4CCCCC4)C(C)C23)CC1)C1CC(C)C2C1CCC1CCC(C3CCCCC3)C(CC)C12. The molecule has 0 aromatic carbocycles. The first-order chi connectivity index (χ1) is 27.4. The number of fused-ring (bicyclic) bond motifs is 6. The van der Waals surface area contributed by atoms with Crippen LogP contribution in [0, 0.1) is 124 Å². The highest BCUT2D eigenvalue weighted by Gasteiger charge is 2.56. The molecule has 9 aliphatic carbocycles. The average Bonchev–Trinajstić information content (AvgIpc) is 3.58. The highest BCUT2D eigenvalue weighted by Crippen LogP contribution is 2.64. The topological polar surface area (TPSA) is 0 Å². The molecule has 0 aromatic heterocycles. The van der Waals surface area contributed by atoms with Gasteiger partial charge in [0.2, 0.25) is 0 Å². The van der Waals surface area contributed by atoms with Gasteiger partial charge in [0.05, 0.1) is 0 Å². The van der Waals surface area contributed by atoms with E-state index in [1.54, 1.807) is 135 Å². The lowest BCUT2D eigenvalue weighted by Gasteiger charge is -2.59. The van der Waals surface area contributed by atoms with Crippen LogP contribution in [-0.2, 0) is 0 Å². The normalized spacial score (nSPS) is 49.7. The Hall–Kier alpha value is 0. The van der Waals surface area contributed by atoms with Gasteiger partial charge in [-0.3, -0.25) is 0 Å². The summed E-state index contributed by atoms with van der Waals surface area (Å²) in [5.41, 5.74) is 0. The van der Waals surface area contributed by atoms with E-state index in [9.17, 15) is 0 Å². The molecule has 0 spiro atoms. The Morgan fingerprint density at radius 1 is 0.411 bits per heavy atom. The second-order valence-electron chi connectivity index (χ2n) is 24.5. The zero-order valence-corrected chi connectivity index (χ0v) is 38.3. The summed E-state index contributed by atoms with van der Waals surface area (Å²) < 4.78 is 0. The minimum Gasteiger partial charge on any atom is -0.0654 e. The first-order valence-corrected chi connectivity index (χ1v) is 27.4. The van der Waals surface area contributed by atoms with Gasteiger partial charge >= 0.3 is 0 Å². The maximum atomic E-state index is 2.80. The van der Waals surface area contributed by atoms with E-state index in [2.05, 4.69) is 34.6 Å². The Balaban J connectivity index is 0.807. The van der Waals surface area contributed by atoms with Gasteiger partial charge in [0.25, 0.3) is 0 Å². The van der Waals surface area contributed by atoms with E-state index in [-0.39, 0.29) is 0 Å². The first-order valence-electron chi connectivity index (χ1n) is 27.4. The van der Waals surface area contributed by atoms with Gasteiger partial charge in [0, 0.05) is 0 Å². The first kappa shape index (κ1) is 41.4. The Bertz CT molecular complexity index is 1200. The van der Waals surface area contributed by atoms with Crippen molar-refractivity contribution >= 4 is 0 Å². The lowest BCUT2D eigenvalue weighted by Crippen LogP contribution is -2.51. The predicted octanol–water partition coefficient (Wildman–Crippen LogP) is 16.9. The van der Waals surface area contributed by atoms with E-state index < -0.39 is 0 Å². The highest BCUT2D eigenvalue weighted by molar-refractivity contribution is 5.05. The van der Waals surface area contributed by atoms with Crippen LogP contribution in [0.15, 0.2) is 0 Å². The Labute approximate surface area is 350 Å². The van der Waals surface area contributed by atoms with Crippen molar-refractivity contribution in [3.05, 3.63) is 0 Å². The van der Waals surface area contributed by atoms with E-state index in [1.165, 1.54) is 57.8 Å². The molecule has 56 heavy (non-hydrogen) atoms. The largest absolute Gasteiger partial charge is 0.0654 e. The standard InChI is InChI=1S/C56H96/c1-6-14-40(52-35-37(4)54-51(52)34-29-45-27-32-48(46(7-2)56(45)54)42-17-12-9-13-18-42)23-20-39-21-24-43(25-22-39)49-30-19-36(3)53-50(49)33-28-44-26-31-47(38(5)55(44)53)41-15-10-8-11-16-41/h36-56H,6-35H2,1-5H3. The molecule has 0 aliphatic heterocycles. The van der Waals surface area contributed by atoms with Crippen molar-refractivity contribution in [2.75, 3.05) is 0 Å². The van der Waals surface area contributed by atoms with Crippen LogP contribution in [-0.4, -0.2) is 0 Å². The molecular weight excluding hydrogens is 673 g/mol. The fourth-order valence-electron chi connectivity index (χ4n) is 20.3. The molecule has 9 fully saturated rings. The van der Waals surface area contributed by atoms with Gasteiger partial charge < -0.3 is 0 Å². The third-order valence-corrected chi connectivity index (χ3v) is 22.5. The number of hydrogen-bond acceptors (Lipinski definition) is 0. The van der Waals surface area contributed by atoms with Gasteiger partial charge in [-0.1, -0.05) is 144 Å². The Morgan fingerprint density at radius 3 is 1.61 bits per heavy atom. The molecule has 17 atom stereocenters. The average molecular weight is 769 g/mol. The molecule has 320 valence electrons. The summed E-state index contributed by atoms with van der Waals surface area (Å²) in [4.78, 5) is 0. The van der Waals surface area contributed by atoms with Crippen LogP contribution in [0.2, 0.25) is 0 Å². The molecular formula is C56H96. The maximum absolute atomic E-state index is 2.80. The summed E-state index contributed by atoms with van der Waals surface area (Å²) in [5.74, 6) is 22.4. The molecule has 9 aliphatic rings. The molecule has 0 amide bonds. The molecule has 9 rings (SSSR count). The van der Waals surface area contributed by atoms with Crippen molar-refractivity contribution in [2.45, 2.75) is 227 Å². The van der Waals surface area contributed by atoms with Gasteiger partial charge in [-0.05, 0) is 208 Å².